The number of rotatable bonds is 4. The average Bonchev–Trinajstić information content (AvgIpc) is 3.43. The van der Waals surface area contributed by atoms with E-state index in [-0.39, 0.29) is 22.3 Å². The molecule has 0 bridgehead atoms. The van der Waals surface area contributed by atoms with Gasteiger partial charge in [0, 0.05) is 21.3 Å². The summed E-state index contributed by atoms with van der Waals surface area (Å²) in [6.07, 6.45) is 0. The van der Waals surface area contributed by atoms with E-state index in [0.29, 0.717) is 32.9 Å². The standard InChI is InChI=1S/C29H19BrFN3O4S/c1-2-38-28(37)22-23(15-6-4-3-5-7-15)33-29-34(24(22)16-8-11-18(31)12-9-16)27(36)25(39-29)21-19-14-17(30)10-13-20(19)32-26(21)35/h3-14,24H,2H2,1H3,(H,32,35)/b25-21-/t24-/m0/s1. The van der Waals surface area contributed by atoms with E-state index in [1.807, 2.05) is 30.3 Å². The predicted molar refractivity (Wildman–Crippen MR) is 149 cm³/mol. The summed E-state index contributed by atoms with van der Waals surface area (Å²) >= 11 is 4.51. The minimum atomic E-state index is -0.961. The smallest absolute Gasteiger partial charge is 0.338 e. The Hall–Kier alpha value is -4.15. The van der Waals surface area contributed by atoms with Gasteiger partial charge in [0.2, 0.25) is 0 Å². The van der Waals surface area contributed by atoms with E-state index >= 15 is 0 Å². The Morgan fingerprint density at radius 2 is 1.85 bits per heavy atom. The number of esters is 1. The van der Waals surface area contributed by atoms with Crippen LogP contribution in [0, 0.1) is 5.82 Å². The first-order valence-electron chi connectivity index (χ1n) is 12.0. The number of carbonyl (C=O) groups is 2. The largest absolute Gasteiger partial charge is 0.463 e. The van der Waals surface area contributed by atoms with Crippen molar-refractivity contribution in [1.29, 1.82) is 0 Å². The SMILES string of the molecule is CCOC(=O)C1=C(c2ccccc2)N=c2s/c(=C3\C(=O)Nc4ccc(Br)cc43)c(=O)n2[C@H]1c1ccc(F)cc1. The predicted octanol–water partition coefficient (Wildman–Crippen LogP) is 4.16. The van der Waals surface area contributed by atoms with Gasteiger partial charge in [0.25, 0.3) is 11.5 Å². The number of anilines is 1. The summed E-state index contributed by atoms with van der Waals surface area (Å²) in [7, 11) is 0. The van der Waals surface area contributed by atoms with Crippen LogP contribution in [0.4, 0.5) is 10.1 Å². The number of benzene rings is 3. The Morgan fingerprint density at radius 3 is 2.56 bits per heavy atom. The second kappa shape index (κ2) is 9.87. The van der Waals surface area contributed by atoms with Gasteiger partial charge in [-0.2, -0.15) is 0 Å². The Labute approximate surface area is 233 Å². The molecule has 39 heavy (non-hydrogen) atoms. The van der Waals surface area contributed by atoms with E-state index in [4.69, 9.17) is 9.73 Å². The minimum Gasteiger partial charge on any atom is -0.463 e. The van der Waals surface area contributed by atoms with Crippen molar-refractivity contribution in [2.45, 2.75) is 13.0 Å². The number of thiazole rings is 1. The number of hydrogen-bond acceptors (Lipinski definition) is 6. The van der Waals surface area contributed by atoms with Crippen LogP contribution in [0.3, 0.4) is 0 Å². The first-order valence-corrected chi connectivity index (χ1v) is 13.7. The highest BCUT2D eigenvalue weighted by atomic mass is 79.9. The Kier molecular flexibility index (Phi) is 6.36. The van der Waals surface area contributed by atoms with Gasteiger partial charge in [-0.05, 0) is 42.8 Å². The fourth-order valence-electron chi connectivity index (χ4n) is 4.82. The number of ether oxygens (including phenoxy) is 1. The molecule has 0 aliphatic carbocycles. The number of amides is 1. The number of aromatic nitrogens is 1. The first kappa shape index (κ1) is 25.1. The van der Waals surface area contributed by atoms with Crippen LogP contribution in [-0.2, 0) is 14.3 Å². The first-order chi connectivity index (χ1) is 18.9. The van der Waals surface area contributed by atoms with Crippen molar-refractivity contribution in [3.8, 4) is 0 Å². The van der Waals surface area contributed by atoms with Crippen LogP contribution in [0.2, 0.25) is 0 Å². The summed E-state index contributed by atoms with van der Waals surface area (Å²) in [5, 5.41) is 2.81. The molecule has 194 valence electrons. The van der Waals surface area contributed by atoms with Gasteiger partial charge in [-0.15, -0.1) is 0 Å². The fraction of sp³-hybridized carbons (Fsp3) is 0.103. The van der Waals surface area contributed by atoms with Crippen molar-refractivity contribution in [2.75, 3.05) is 11.9 Å². The van der Waals surface area contributed by atoms with Crippen molar-refractivity contribution >= 4 is 56.1 Å². The lowest BCUT2D eigenvalue weighted by Gasteiger charge is -2.25. The van der Waals surface area contributed by atoms with Gasteiger partial charge in [-0.25, -0.2) is 14.2 Å². The van der Waals surface area contributed by atoms with Crippen LogP contribution in [0.1, 0.15) is 29.7 Å². The normalized spacial score (nSPS) is 17.3. The summed E-state index contributed by atoms with van der Waals surface area (Å²) in [6.45, 7) is 1.81. The van der Waals surface area contributed by atoms with Gasteiger partial charge in [0.1, 0.15) is 10.3 Å². The molecule has 0 fully saturated rings. The van der Waals surface area contributed by atoms with Crippen LogP contribution in [0.5, 0.6) is 0 Å². The molecule has 1 amide bonds. The van der Waals surface area contributed by atoms with Crippen LogP contribution in [-0.4, -0.2) is 23.1 Å². The van der Waals surface area contributed by atoms with Gasteiger partial charge >= 0.3 is 5.97 Å². The summed E-state index contributed by atoms with van der Waals surface area (Å²) in [5.74, 6) is -1.50. The summed E-state index contributed by atoms with van der Waals surface area (Å²) in [6, 6.07) is 19.1. The van der Waals surface area contributed by atoms with Crippen molar-refractivity contribution in [1.82, 2.24) is 4.57 Å². The van der Waals surface area contributed by atoms with Crippen LogP contribution in [0.25, 0.3) is 11.3 Å². The third-order valence-corrected chi connectivity index (χ3v) is 8.03. The van der Waals surface area contributed by atoms with Gasteiger partial charge in [-0.1, -0.05) is 69.7 Å². The Balaban J connectivity index is 1.72. The zero-order valence-corrected chi connectivity index (χ0v) is 22.8. The molecule has 0 spiro atoms. The lowest BCUT2D eigenvalue weighted by Crippen LogP contribution is -2.40. The van der Waals surface area contributed by atoms with Gasteiger partial charge in [0.05, 0.1) is 29.5 Å². The van der Waals surface area contributed by atoms with Gasteiger partial charge in [-0.3, -0.25) is 14.2 Å². The molecule has 1 aromatic heterocycles. The molecule has 0 radical (unpaired) electrons. The number of carbonyl (C=O) groups excluding carboxylic acids is 2. The molecule has 3 aromatic carbocycles. The van der Waals surface area contributed by atoms with E-state index in [1.54, 1.807) is 25.1 Å². The highest BCUT2D eigenvalue weighted by molar-refractivity contribution is 9.10. The number of nitrogens with one attached hydrogen (secondary N) is 1. The van der Waals surface area contributed by atoms with E-state index < -0.39 is 29.3 Å². The van der Waals surface area contributed by atoms with Crippen molar-refractivity contribution in [2.24, 2.45) is 4.99 Å². The number of fused-ring (bicyclic) bond motifs is 2. The van der Waals surface area contributed by atoms with Gasteiger partial charge in [0.15, 0.2) is 4.80 Å². The molecule has 1 atom stereocenters. The maximum absolute atomic E-state index is 14.1. The monoisotopic (exact) mass is 603 g/mol. The molecule has 4 aromatic rings. The summed E-state index contributed by atoms with van der Waals surface area (Å²) in [4.78, 5) is 45.7. The Bertz CT molecular complexity index is 1880. The second-order valence-corrected chi connectivity index (χ2v) is 10.7. The molecular weight excluding hydrogens is 585 g/mol. The molecule has 6 rings (SSSR count). The third-order valence-electron chi connectivity index (χ3n) is 6.49. The minimum absolute atomic E-state index is 0.112. The second-order valence-electron chi connectivity index (χ2n) is 8.82. The van der Waals surface area contributed by atoms with Crippen molar-refractivity contribution in [3.63, 3.8) is 0 Å². The lowest BCUT2D eigenvalue weighted by molar-refractivity contribution is -0.138. The van der Waals surface area contributed by atoms with E-state index in [1.165, 1.54) is 28.8 Å². The molecule has 3 heterocycles. The zero-order valence-electron chi connectivity index (χ0n) is 20.4. The van der Waals surface area contributed by atoms with Crippen LogP contribution >= 0.6 is 27.3 Å². The molecule has 2 aliphatic heterocycles. The summed E-state index contributed by atoms with van der Waals surface area (Å²) in [5.41, 5.74) is 2.58. The zero-order chi connectivity index (χ0) is 27.3. The topological polar surface area (TPSA) is 89.8 Å². The maximum Gasteiger partial charge on any atom is 0.338 e. The van der Waals surface area contributed by atoms with Gasteiger partial charge < -0.3 is 10.1 Å². The Morgan fingerprint density at radius 1 is 1.10 bits per heavy atom. The fourth-order valence-corrected chi connectivity index (χ4v) is 6.27. The molecule has 7 nitrogen and oxygen atoms in total. The number of halogens is 2. The number of nitrogens with zero attached hydrogens (tertiary/aromatic N) is 2. The van der Waals surface area contributed by atoms with E-state index in [0.717, 1.165) is 15.8 Å². The van der Waals surface area contributed by atoms with Crippen LogP contribution in [0.15, 0.2) is 92.6 Å². The quantitative estimate of drug-likeness (QED) is 0.355. The highest BCUT2D eigenvalue weighted by Crippen LogP contribution is 2.36. The maximum atomic E-state index is 14.1. The van der Waals surface area contributed by atoms with Crippen LogP contribution < -0.4 is 20.2 Å². The van der Waals surface area contributed by atoms with E-state index in [9.17, 15) is 18.8 Å². The molecule has 0 saturated heterocycles. The molecule has 10 heteroatoms. The highest BCUT2D eigenvalue weighted by Gasteiger charge is 2.36. The third kappa shape index (κ3) is 4.25. The molecule has 2 aliphatic rings. The molecule has 1 N–H and O–H groups in total. The molecular formula is C29H19BrFN3O4S. The summed E-state index contributed by atoms with van der Waals surface area (Å²) < 4.78 is 21.7. The van der Waals surface area contributed by atoms with Crippen molar-refractivity contribution in [3.05, 3.63) is 125 Å². The lowest BCUT2D eigenvalue weighted by atomic mass is 9.93. The molecule has 0 saturated carbocycles. The average molecular weight is 604 g/mol. The van der Waals surface area contributed by atoms with Crippen molar-refractivity contribution < 1.29 is 18.7 Å². The molecule has 0 unspecified atom stereocenters. The van der Waals surface area contributed by atoms with E-state index in [2.05, 4.69) is 21.2 Å². The number of hydrogen-bond donors (Lipinski definition) is 1.